The SMILES string of the molecule is CCCCC/C=C\C[C@@H](O)[C@@H](O)CCCCCCCC(=O)O. The van der Waals surface area contributed by atoms with Gasteiger partial charge in [-0.2, -0.15) is 0 Å². The number of aliphatic hydroxyl groups excluding tert-OH is 2. The van der Waals surface area contributed by atoms with Crippen molar-refractivity contribution in [3.8, 4) is 0 Å². The zero-order valence-corrected chi connectivity index (χ0v) is 14.0. The molecule has 0 radical (unpaired) electrons. The van der Waals surface area contributed by atoms with Crippen molar-refractivity contribution in [1.29, 1.82) is 0 Å². The number of carboxylic acid groups (broad SMARTS) is 1. The van der Waals surface area contributed by atoms with E-state index < -0.39 is 18.2 Å². The minimum Gasteiger partial charge on any atom is -0.481 e. The van der Waals surface area contributed by atoms with Gasteiger partial charge in [0.05, 0.1) is 12.2 Å². The summed E-state index contributed by atoms with van der Waals surface area (Å²) in [7, 11) is 0. The predicted octanol–water partition coefficient (Wildman–Crippen LogP) is 4.05. The Balaban J connectivity index is 3.49. The number of allylic oxidation sites excluding steroid dienone is 1. The summed E-state index contributed by atoms with van der Waals surface area (Å²) in [5.41, 5.74) is 0. The molecule has 130 valence electrons. The fraction of sp³-hybridized carbons (Fsp3) is 0.833. The molecule has 0 saturated carbocycles. The Bertz CT molecular complexity index is 289. The van der Waals surface area contributed by atoms with E-state index in [9.17, 15) is 15.0 Å². The van der Waals surface area contributed by atoms with Crippen molar-refractivity contribution in [3.05, 3.63) is 12.2 Å². The maximum absolute atomic E-state index is 10.3. The third kappa shape index (κ3) is 14.1. The van der Waals surface area contributed by atoms with Crippen LogP contribution < -0.4 is 0 Å². The summed E-state index contributed by atoms with van der Waals surface area (Å²) in [6.45, 7) is 2.18. The summed E-state index contributed by atoms with van der Waals surface area (Å²) in [4.78, 5) is 10.3. The van der Waals surface area contributed by atoms with Crippen molar-refractivity contribution >= 4 is 5.97 Å². The van der Waals surface area contributed by atoms with E-state index in [2.05, 4.69) is 13.0 Å². The average molecular weight is 314 g/mol. The quantitative estimate of drug-likeness (QED) is 0.315. The molecule has 3 N–H and O–H groups in total. The van der Waals surface area contributed by atoms with Gasteiger partial charge in [0.2, 0.25) is 0 Å². The zero-order valence-electron chi connectivity index (χ0n) is 14.0. The summed E-state index contributed by atoms with van der Waals surface area (Å²) in [6.07, 6.45) is 13.3. The lowest BCUT2D eigenvalue weighted by atomic mass is 10.0. The number of carbonyl (C=O) groups is 1. The van der Waals surface area contributed by atoms with Gasteiger partial charge in [0.25, 0.3) is 0 Å². The fourth-order valence-electron chi connectivity index (χ4n) is 2.38. The van der Waals surface area contributed by atoms with Crippen LogP contribution in [0.25, 0.3) is 0 Å². The first-order valence-corrected chi connectivity index (χ1v) is 8.80. The van der Waals surface area contributed by atoms with E-state index in [1.807, 2.05) is 6.08 Å². The average Bonchev–Trinajstić information content (AvgIpc) is 2.49. The number of aliphatic carboxylic acids is 1. The van der Waals surface area contributed by atoms with Gasteiger partial charge >= 0.3 is 5.97 Å². The summed E-state index contributed by atoms with van der Waals surface area (Å²) in [5.74, 6) is -0.735. The highest BCUT2D eigenvalue weighted by atomic mass is 16.4. The van der Waals surface area contributed by atoms with Crippen molar-refractivity contribution in [2.75, 3.05) is 0 Å². The molecular formula is C18H34O4. The Kier molecular flexibility index (Phi) is 14.4. The van der Waals surface area contributed by atoms with Crippen molar-refractivity contribution in [1.82, 2.24) is 0 Å². The Hall–Kier alpha value is -0.870. The maximum Gasteiger partial charge on any atom is 0.303 e. The van der Waals surface area contributed by atoms with Crippen LogP contribution in [0.5, 0.6) is 0 Å². The third-order valence-corrected chi connectivity index (χ3v) is 3.85. The van der Waals surface area contributed by atoms with Crippen LogP contribution in [-0.2, 0) is 4.79 Å². The maximum atomic E-state index is 10.3. The molecule has 0 rings (SSSR count). The number of unbranched alkanes of at least 4 members (excludes halogenated alkanes) is 7. The Morgan fingerprint density at radius 3 is 2.27 bits per heavy atom. The van der Waals surface area contributed by atoms with Gasteiger partial charge in [0.1, 0.15) is 0 Å². The minimum absolute atomic E-state index is 0.242. The van der Waals surface area contributed by atoms with Crippen LogP contribution in [-0.4, -0.2) is 33.5 Å². The Labute approximate surface area is 135 Å². The van der Waals surface area contributed by atoms with E-state index in [0.29, 0.717) is 12.8 Å². The summed E-state index contributed by atoms with van der Waals surface area (Å²) >= 11 is 0. The first-order chi connectivity index (χ1) is 10.6. The van der Waals surface area contributed by atoms with E-state index in [1.165, 1.54) is 19.3 Å². The van der Waals surface area contributed by atoms with Gasteiger partial charge in [-0.1, -0.05) is 57.6 Å². The lowest BCUT2D eigenvalue weighted by molar-refractivity contribution is -0.137. The van der Waals surface area contributed by atoms with Gasteiger partial charge in [-0.25, -0.2) is 0 Å². The molecule has 0 aromatic heterocycles. The highest BCUT2D eigenvalue weighted by molar-refractivity contribution is 5.66. The second kappa shape index (κ2) is 15.0. The van der Waals surface area contributed by atoms with Crippen molar-refractivity contribution in [2.45, 2.75) is 96.2 Å². The molecule has 0 saturated heterocycles. The van der Waals surface area contributed by atoms with Crippen molar-refractivity contribution in [3.63, 3.8) is 0 Å². The molecule has 4 nitrogen and oxygen atoms in total. The zero-order chi connectivity index (χ0) is 16.6. The molecule has 0 aliphatic carbocycles. The first-order valence-electron chi connectivity index (χ1n) is 8.80. The Morgan fingerprint density at radius 1 is 0.909 bits per heavy atom. The number of rotatable bonds is 15. The molecule has 0 bridgehead atoms. The van der Waals surface area contributed by atoms with E-state index in [0.717, 1.165) is 38.5 Å². The van der Waals surface area contributed by atoms with Gasteiger partial charge < -0.3 is 15.3 Å². The number of hydrogen-bond acceptors (Lipinski definition) is 3. The molecule has 0 spiro atoms. The third-order valence-electron chi connectivity index (χ3n) is 3.85. The summed E-state index contributed by atoms with van der Waals surface area (Å²) in [6, 6.07) is 0. The van der Waals surface area contributed by atoms with Crippen LogP contribution in [0.2, 0.25) is 0 Å². The number of aliphatic hydroxyl groups is 2. The van der Waals surface area contributed by atoms with Crippen LogP contribution in [0.4, 0.5) is 0 Å². The van der Waals surface area contributed by atoms with Crippen molar-refractivity contribution in [2.24, 2.45) is 0 Å². The second-order valence-electron chi connectivity index (χ2n) is 6.04. The van der Waals surface area contributed by atoms with Crippen LogP contribution >= 0.6 is 0 Å². The van der Waals surface area contributed by atoms with Crippen molar-refractivity contribution < 1.29 is 20.1 Å². The molecule has 0 unspecified atom stereocenters. The molecule has 0 aromatic carbocycles. The predicted molar refractivity (Wildman–Crippen MR) is 89.9 cm³/mol. The van der Waals surface area contributed by atoms with Gasteiger partial charge in [-0.3, -0.25) is 4.79 Å². The molecule has 0 aromatic rings. The topological polar surface area (TPSA) is 77.8 Å². The summed E-state index contributed by atoms with van der Waals surface area (Å²) in [5, 5.41) is 28.2. The van der Waals surface area contributed by atoms with E-state index in [1.54, 1.807) is 0 Å². The lowest BCUT2D eigenvalue weighted by Crippen LogP contribution is -2.25. The standard InChI is InChI=1S/C18H34O4/c1-2-3-4-5-7-10-13-16(19)17(20)14-11-8-6-9-12-15-18(21)22/h7,10,16-17,19-20H,2-6,8-9,11-15H2,1H3,(H,21,22)/b10-7-/t16-,17+/m1/s1. The van der Waals surface area contributed by atoms with Gasteiger partial charge in [-0.05, 0) is 32.1 Å². The molecule has 22 heavy (non-hydrogen) atoms. The summed E-state index contributed by atoms with van der Waals surface area (Å²) < 4.78 is 0. The fourth-order valence-corrected chi connectivity index (χ4v) is 2.38. The molecular weight excluding hydrogens is 280 g/mol. The van der Waals surface area contributed by atoms with Gasteiger partial charge in [0.15, 0.2) is 0 Å². The van der Waals surface area contributed by atoms with E-state index >= 15 is 0 Å². The first kappa shape index (κ1) is 21.1. The van der Waals surface area contributed by atoms with Crippen LogP contribution in [0.3, 0.4) is 0 Å². The number of hydrogen-bond donors (Lipinski definition) is 3. The van der Waals surface area contributed by atoms with Crippen LogP contribution in [0.1, 0.15) is 84.0 Å². The normalized spacial score (nSPS) is 14.3. The second-order valence-corrected chi connectivity index (χ2v) is 6.04. The molecule has 0 amide bonds. The van der Waals surface area contributed by atoms with E-state index in [-0.39, 0.29) is 6.42 Å². The molecule has 0 aliphatic heterocycles. The molecule has 4 heteroatoms. The highest BCUT2D eigenvalue weighted by Gasteiger charge is 2.13. The largest absolute Gasteiger partial charge is 0.481 e. The monoisotopic (exact) mass is 314 g/mol. The lowest BCUT2D eigenvalue weighted by Gasteiger charge is -2.16. The molecule has 0 fully saturated rings. The van der Waals surface area contributed by atoms with E-state index in [4.69, 9.17) is 5.11 Å². The van der Waals surface area contributed by atoms with Crippen LogP contribution in [0.15, 0.2) is 12.2 Å². The number of carboxylic acids is 1. The molecule has 2 atom stereocenters. The molecule has 0 aliphatic rings. The smallest absolute Gasteiger partial charge is 0.303 e. The van der Waals surface area contributed by atoms with Crippen LogP contribution in [0, 0.1) is 0 Å². The highest BCUT2D eigenvalue weighted by Crippen LogP contribution is 2.12. The minimum atomic E-state index is -0.735. The van der Waals surface area contributed by atoms with Gasteiger partial charge in [-0.15, -0.1) is 0 Å². The van der Waals surface area contributed by atoms with Gasteiger partial charge in [0, 0.05) is 6.42 Å². The molecule has 0 heterocycles. The Morgan fingerprint density at radius 2 is 1.59 bits per heavy atom.